The lowest BCUT2D eigenvalue weighted by Gasteiger charge is -2.37. The van der Waals surface area contributed by atoms with E-state index in [9.17, 15) is 17.6 Å². The molecule has 0 saturated carbocycles. The molecule has 0 aliphatic carbocycles. The van der Waals surface area contributed by atoms with Gasteiger partial charge in [-0.3, -0.25) is 9.10 Å². The molecule has 1 amide bonds. The van der Waals surface area contributed by atoms with E-state index in [2.05, 4.69) is 4.90 Å². The van der Waals surface area contributed by atoms with Crippen molar-refractivity contribution in [2.75, 3.05) is 48.5 Å². The Balaban J connectivity index is 1.52. The Hall–Kier alpha value is -3.59. The molecule has 0 bridgehead atoms. The van der Waals surface area contributed by atoms with E-state index in [0.29, 0.717) is 44.2 Å². The number of halogens is 1. The second-order valence-corrected chi connectivity index (χ2v) is 9.96. The van der Waals surface area contributed by atoms with E-state index in [0.717, 1.165) is 9.99 Å². The van der Waals surface area contributed by atoms with Gasteiger partial charge < -0.3 is 14.5 Å². The summed E-state index contributed by atoms with van der Waals surface area (Å²) in [5.74, 6) is 0.0465. The van der Waals surface area contributed by atoms with Gasteiger partial charge in [0.05, 0.1) is 17.2 Å². The number of benzene rings is 3. The Morgan fingerprint density at radius 3 is 2.14 bits per heavy atom. The van der Waals surface area contributed by atoms with Crippen LogP contribution < -0.4 is 13.9 Å². The molecule has 1 aliphatic heterocycles. The van der Waals surface area contributed by atoms with Crippen molar-refractivity contribution >= 4 is 27.3 Å². The number of carbonyl (C=O) groups is 1. The smallest absolute Gasteiger partial charge is 0.264 e. The van der Waals surface area contributed by atoms with Crippen molar-refractivity contribution in [3.05, 3.63) is 84.7 Å². The molecule has 9 heteroatoms. The first kappa shape index (κ1) is 24.5. The van der Waals surface area contributed by atoms with E-state index in [1.807, 2.05) is 6.92 Å². The molecule has 1 saturated heterocycles. The van der Waals surface area contributed by atoms with Crippen LogP contribution in [0.4, 0.5) is 15.8 Å². The van der Waals surface area contributed by atoms with E-state index < -0.39 is 10.0 Å². The first-order valence-electron chi connectivity index (χ1n) is 11.5. The molecule has 1 fully saturated rings. The Morgan fingerprint density at radius 1 is 0.914 bits per heavy atom. The lowest BCUT2D eigenvalue weighted by atomic mass is 10.2. The molecule has 0 radical (unpaired) electrons. The molecule has 0 N–H and O–H groups in total. The summed E-state index contributed by atoms with van der Waals surface area (Å²) in [6.45, 7) is 4.08. The zero-order valence-corrected chi connectivity index (χ0v) is 20.3. The van der Waals surface area contributed by atoms with Gasteiger partial charge in [-0.15, -0.1) is 0 Å². The summed E-state index contributed by atoms with van der Waals surface area (Å²) in [7, 11) is -3.97. The van der Waals surface area contributed by atoms with Gasteiger partial charge in [0.25, 0.3) is 10.0 Å². The third-order valence-corrected chi connectivity index (χ3v) is 7.66. The number of ether oxygens (including phenoxy) is 1. The van der Waals surface area contributed by atoms with Gasteiger partial charge in [-0.1, -0.05) is 18.2 Å². The number of sulfonamides is 1. The van der Waals surface area contributed by atoms with Crippen LogP contribution in [0.1, 0.15) is 6.92 Å². The molecule has 0 unspecified atom stereocenters. The molecule has 1 aliphatic rings. The minimum absolute atomic E-state index is 0.114. The van der Waals surface area contributed by atoms with Gasteiger partial charge in [0.1, 0.15) is 18.1 Å². The van der Waals surface area contributed by atoms with Crippen LogP contribution in [0, 0.1) is 5.82 Å². The fraction of sp³-hybridized carbons (Fsp3) is 0.269. The van der Waals surface area contributed by atoms with Crippen LogP contribution in [0.2, 0.25) is 0 Å². The minimum Gasteiger partial charge on any atom is -0.494 e. The largest absolute Gasteiger partial charge is 0.494 e. The van der Waals surface area contributed by atoms with Crippen molar-refractivity contribution in [3.8, 4) is 5.75 Å². The van der Waals surface area contributed by atoms with Crippen LogP contribution in [-0.2, 0) is 14.8 Å². The highest BCUT2D eigenvalue weighted by molar-refractivity contribution is 7.92. The molecule has 35 heavy (non-hydrogen) atoms. The fourth-order valence-corrected chi connectivity index (χ4v) is 5.43. The van der Waals surface area contributed by atoms with Gasteiger partial charge in [-0.25, -0.2) is 12.8 Å². The highest BCUT2D eigenvalue weighted by Gasteiger charge is 2.30. The van der Waals surface area contributed by atoms with Crippen LogP contribution in [0.15, 0.2) is 83.8 Å². The Bertz CT molecular complexity index is 1230. The van der Waals surface area contributed by atoms with Crippen LogP contribution in [0.5, 0.6) is 5.75 Å². The fourth-order valence-electron chi connectivity index (χ4n) is 4.00. The van der Waals surface area contributed by atoms with Crippen molar-refractivity contribution in [2.24, 2.45) is 0 Å². The number of hydrogen-bond acceptors (Lipinski definition) is 5. The van der Waals surface area contributed by atoms with Gasteiger partial charge in [0.15, 0.2) is 0 Å². The molecule has 0 atom stereocenters. The second-order valence-electron chi connectivity index (χ2n) is 8.10. The summed E-state index contributed by atoms with van der Waals surface area (Å²) < 4.78 is 46.9. The molecule has 7 nitrogen and oxygen atoms in total. The van der Waals surface area contributed by atoms with Crippen molar-refractivity contribution in [1.82, 2.24) is 4.90 Å². The van der Waals surface area contributed by atoms with Crippen LogP contribution in [-0.4, -0.2) is 58.6 Å². The summed E-state index contributed by atoms with van der Waals surface area (Å²) in [6, 6.07) is 21.0. The summed E-state index contributed by atoms with van der Waals surface area (Å²) >= 11 is 0. The quantitative estimate of drug-likeness (QED) is 0.474. The summed E-state index contributed by atoms with van der Waals surface area (Å²) in [4.78, 5) is 17.1. The number of anilines is 2. The summed E-state index contributed by atoms with van der Waals surface area (Å²) in [5, 5.41) is 0. The number of amides is 1. The number of carbonyl (C=O) groups excluding carboxylic acids is 1. The summed E-state index contributed by atoms with van der Waals surface area (Å²) in [5.41, 5.74) is 1.27. The third-order valence-electron chi connectivity index (χ3n) is 5.87. The number of rotatable bonds is 8. The number of nitrogens with zero attached hydrogens (tertiary/aromatic N) is 3. The van der Waals surface area contributed by atoms with E-state index in [4.69, 9.17) is 4.74 Å². The molecule has 184 valence electrons. The molecule has 4 rings (SSSR count). The van der Waals surface area contributed by atoms with Crippen LogP contribution >= 0.6 is 0 Å². The standard InChI is InChI=1S/C26H28FN3O4S/c1-2-34-24-14-12-23(13-15-24)30(35(32,33)25-6-4-3-5-7-25)20-26(31)29-18-16-28(17-19-29)22-10-8-21(27)9-11-22/h3-15H,2,16-20H2,1H3. The highest BCUT2D eigenvalue weighted by Crippen LogP contribution is 2.26. The topological polar surface area (TPSA) is 70.2 Å². The molecule has 0 aromatic heterocycles. The maximum atomic E-state index is 13.5. The van der Waals surface area contributed by atoms with E-state index in [-0.39, 0.29) is 23.2 Å². The highest BCUT2D eigenvalue weighted by atomic mass is 32.2. The average Bonchev–Trinajstić information content (AvgIpc) is 2.89. The van der Waals surface area contributed by atoms with E-state index >= 15 is 0 Å². The van der Waals surface area contributed by atoms with Gasteiger partial charge in [-0.2, -0.15) is 0 Å². The maximum absolute atomic E-state index is 13.5. The van der Waals surface area contributed by atoms with E-state index in [1.54, 1.807) is 59.5 Å². The van der Waals surface area contributed by atoms with Crippen molar-refractivity contribution in [3.63, 3.8) is 0 Å². The van der Waals surface area contributed by atoms with Crippen molar-refractivity contribution in [2.45, 2.75) is 11.8 Å². The molecule has 3 aromatic carbocycles. The average molecular weight is 498 g/mol. The monoisotopic (exact) mass is 497 g/mol. The second kappa shape index (κ2) is 10.8. The number of hydrogen-bond donors (Lipinski definition) is 0. The normalized spacial score (nSPS) is 14.0. The molecule has 3 aromatic rings. The van der Waals surface area contributed by atoms with Gasteiger partial charge in [-0.05, 0) is 67.6 Å². The van der Waals surface area contributed by atoms with E-state index in [1.165, 1.54) is 24.3 Å². The van der Waals surface area contributed by atoms with Crippen molar-refractivity contribution < 1.29 is 22.3 Å². The van der Waals surface area contributed by atoms with Gasteiger partial charge in [0.2, 0.25) is 5.91 Å². The molecular weight excluding hydrogens is 469 g/mol. The lowest BCUT2D eigenvalue weighted by molar-refractivity contribution is -0.129. The van der Waals surface area contributed by atoms with Crippen LogP contribution in [0.25, 0.3) is 0 Å². The Kier molecular flexibility index (Phi) is 7.55. The lowest BCUT2D eigenvalue weighted by Crippen LogP contribution is -2.52. The van der Waals surface area contributed by atoms with Crippen molar-refractivity contribution in [1.29, 1.82) is 0 Å². The van der Waals surface area contributed by atoms with Crippen LogP contribution in [0.3, 0.4) is 0 Å². The minimum atomic E-state index is -3.97. The Labute approximate surface area is 205 Å². The first-order chi connectivity index (χ1) is 16.9. The third kappa shape index (κ3) is 5.74. The predicted molar refractivity (Wildman–Crippen MR) is 134 cm³/mol. The molecule has 1 heterocycles. The zero-order chi connectivity index (χ0) is 24.8. The zero-order valence-electron chi connectivity index (χ0n) is 19.5. The SMILES string of the molecule is CCOc1ccc(N(CC(=O)N2CCN(c3ccc(F)cc3)CC2)S(=O)(=O)c2ccccc2)cc1. The molecular formula is C26H28FN3O4S. The summed E-state index contributed by atoms with van der Waals surface area (Å²) in [6.07, 6.45) is 0. The number of piperazine rings is 1. The van der Waals surface area contributed by atoms with Gasteiger partial charge >= 0.3 is 0 Å². The van der Waals surface area contributed by atoms with Gasteiger partial charge in [0, 0.05) is 31.9 Å². The predicted octanol–water partition coefficient (Wildman–Crippen LogP) is 3.77. The Morgan fingerprint density at radius 2 is 1.54 bits per heavy atom. The maximum Gasteiger partial charge on any atom is 0.264 e. The molecule has 0 spiro atoms. The first-order valence-corrected chi connectivity index (χ1v) is 12.9.